The van der Waals surface area contributed by atoms with Crippen molar-refractivity contribution in [2.45, 2.75) is 6.42 Å². The third-order valence-corrected chi connectivity index (χ3v) is 1.64. The van der Waals surface area contributed by atoms with Crippen molar-refractivity contribution < 1.29 is 0 Å². The van der Waals surface area contributed by atoms with Gasteiger partial charge < -0.3 is 5.32 Å². The highest BCUT2D eigenvalue weighted by Gasteiger charge is 1.98. The molecular weight excluding hydrogens is 180 g/mol. The van der Waals surface area contributed by atoms with Crippen LogP contribution in [0.4, 0.5) is 5.82 Å². The lowest BCUT2D eigenvalue weighted by atomic mass is 10.4. The molecule has 0 spiro atoms. The number of hydrogen-bond acceptors (Lipinski definition) is 5. The summed E-state index contributed by atoms with van der Waals surface area (Å²) >= 11 is 0. The summed E-state index contributed by atoms with van der Waals surface area (Å²) in [6.45, 7) is 0.692. The minimum atomic E-state index is 0.618. The molecule has 2 aromatic heterocycles. The molecule has 6 heteroatoms. The zero-order valence-electron chi connectivity index (χ0n) is 7.38. The Balaban J connectivity index is 2.14. The molecule has 0 aliphatic heterocycles. The van der Waals surface area contributed by atoms with Crippen molar-refractivity contribution in [2.24, 2.45) is 0 Å². The van der Waals surface area contributed by atoms with Crippen LogP contribution in [0.2, 0.25) is 0 Å². The van der Waals surface area contributed by atoms with E-state index in [0.717, 1.165) is 0 Å². The molecule has 14 heavy (non-hydrogen) atoms. The van der Waals surface area contributed by atoms with Gasteiger partial charge in [-0.25, -0.2) is 0 Å². The van der Waals surface area contributed by atoms with E-state index in [0.29, 0.717) is 24.4 Å². The fourth-order valence-electron chi connectivity index (χ4n) is 1.01. The van der Waals surface area contributed by atoms with Crippen LogP contribution in [-0.4, -0.2) is 31.8 Å². The molecule has 2 rings (SSSR count). The van der Waals surface area contributed by atoms with Crippen LogP contribution in [-0.2, 0) is 0 Å². The summed E-state index contributed by atoms with van der Waals surface area (Å²) in [6, 6.07) is 3.59. The van der Waals surface area contributed by atoms with E-state index in [9.17, 15) is 0 Å². The molecule has 0 radical (unpaired) electrons. The van der Waals surface area contributed by atoms with E-state index in [-0.39, 0.29) is 0 Å². The summed E-state index contributed by atoms with van der Waals surface area (Å²) in [5.74, 6) is 3.24. The van der Waals surface area contributed by atoms with Gasteiger partial charge in [0.25, 0.3) is 0 Å². The second-order valence-electron chi connectivity index (χ2n) is 2.63. The Kier molecular flexibility index (Phi) is 2.23. The summed E-state index contributed by atoms with van der Waals surface area (Å²) in [4.78, 5) is 0. The zero-order valence-corrected chi connectivity index (χ0v) is 7.38. The molecule has 0 saturated heterocycles. The second kappa shape index (κ2) is 3.70. The molecule has 1 N–H and O–H groups in total. The van der Waals surface area contributed by atoms with Crippen LogP contribution in [0.25, 0.3) is 5.65 Å². The quantitative estimate of drug-likeness (QED) is 0.540. The fourth-order valence-corrected chi connectivity index (χ4v) is 1.01. The maximum absolute atomic E-state index is 5.12. The van der Waals surface area contributed by atoms with E-state index in [1.807, 2.05) is 6.07 Å². The van der Waals surface area contributed by atoms with Gasteiger partial charge in [-0.3, -0.25) is 0 Å². The molecule has 0 aliphatic carbocycles. The van der Waals surface area contributed by atoms with E-state index < -0.39 is 0 Å². The van der Waals surface area contributed by atoms with Gasteiger partial charge in [0.1, 0.15) is 5.82 Å². The molecule has 2 heterocycles. The molecule has 2 aromatic rings. The summed E-state index contributed by atoms with van der Waals surface area (Å²) in [5.41, 5.74) is 0.618. The van der Waals surface area contributed by atoms with E-state index in [4.69, 9.17) is 6.42 Å². The van der Waals surface area contributed by atoms with Gasteiger partial charge in [0, 0.05) is 13.0 Å². The Morgan fingerprint density at radius 3 is 3.29 bits per heavy atom. The van der Waals surface area contributed by atoms with E-state index in [1.54, 1.807) is 6.07 Å². The SMILES string of the molecule is C#CCCNc1ccc2nnnn2n1. The molecule has 0 unspecified atom stereocenters. The molecule has 6 nitrogen and oxygen atoms in total. The molecule has 0 fully saturated rings. The van der Waals surface area contributed by atoms with Crippen molar-refractivity contribution in [3.05, 3.63) is 12.1 Å². The normalized spacial score (nSPS) is 9.93. The van der Waals surface area contributed by atoms with Crippen LogP contribution >= 0.6 is 0 Å². The highest BCUT2D eigenvalue weighted by Crippen LogP contribution is 2.02. The van der Waals surface area contributed by atoms with Crippen molar-refractivity contribution in [1.29, 1.82) is 0 Å². The molecule has 0 bridgehead atoms. The van der Waals surface area contributed by atoms with Crippen LogP contribution < -0.4 is 5.32 Å². The monoisotopic (exact) mass is 188 g/mol. The fraction of sp³-hybridized carbons (Fsp3) is 0.250. The van der Waals surface area contributed by atoms with Crippen LogP contribution in [0.1, 0.15) is 6.42 Å². The Bertz CT molecular complexity index is 468. The molecule has 0 aromatic carbocycles. The van der Waals surface area contributed by atoms with E-state index in [2.05, 4.69) is 31.9 Å². The van der Waals surface area contributed by atoms with Crippen molar-refractivity contribution in [2.75, 3.05) is 11.9 Å². The first-order valence-electron chi connectivity index (χ1n) is 4.13. The number of fused-ring (bicyclic) bond motifs is 1. The standard InChI is InChI=1S/C8H8N6/c1-2-3-6-9-7-4-5-8-10-12-13-14(8)11-7/h1,4-5H,3,6H2,(H,9,11). The minimum absolute atomic E-state index is 0.618. The Hall–Kier alpha value is -2.16. The first kappa shape index (κ1) is 8.44. The summed E-state index contributed by atoms with van der Waals surface area (Å²) in [5, 5.41) is 18.1. The largest absolute Gasteiger partial charge is 0.368 e. The van der Waals surface area contributed by atoms with Crippen LogP contribution in [0.5, 0.6) is 0 Å². The van der Waals surface area contributed by atoms with Crippen molar-refractivity contribution in [1.82, 2.24) is 25.3 Å². The predicted molar refractivity (Wildman–Crippen MR) is 50.5 cm³/mol. The molecule has 70 valence electrons. The number of aromatic nitrogens is 5. The molecule has 0 aliphatic rings. The van der Waals surface area contributed by atoms with Crippen LogP contribution in [0, 0.1) is 12.3 Å². The number of nitrogens with zero attached hydrogens (tertiary/aromatic N) is 5. The summed E-state index contributed by atoms with van der Waals surface area (Å²) in [7, 11) is 0. The lowest BCUT2D eigenvalue weighted by molar-refractivity contribution is 0.734. The number of anilines is 1. The van der Waals surface area contributed by atoms with Gasteiger partial charge in [0.2, 0.25) is 0 Å². The maximum Gasteiger partial charge on any atom is 0.200 e. The maximum atomic E-state index is 5.12. The highest BCUT2D eigenvalue weighted by atomic mass is 15.6. The van der Waals surface area contributed by atoms with Gasteiger partial charge in [-0.15, -0.1) is 27.2 Å². The van der Waals surface area contributed by atoms with Crippen LogP contribution in [0.3, 0.4) is 0 Å². The lowest BCUT2D eigenvalue weighted by Crippen LogP contribution is -2.05. The molecular formula is C8H8N6. The van der Waals surface area contributed by atoms with Crippen molar-refractivity contribution in [3.63, 3.8) is 0 Å². The predicted octanol–water partition coefficient (Wildman–Crippen LogP) is -0.0455. The average molecular weight is 188 g/mol. The first-order valence-corrected chi connectivity index (χ1v) is 4.13. The Morgan fingerprint density at radius 1 is 1.50 bits per heavy atom. The summed E-state index contributed by atoms with van der Waals surface area (Å²) < 4.78 is 1.36. The second-order valence-corrected chi connectivity index (χ2v) is 2.63. The van der Waals surface area contributed by atoms with Crippen molar-refractivity contribution >= 4 is 11.5 Å². The molecule has 0 saturated carbocycles. The Morgan fingerprint density at radius 2 is 2.43 bits per heavy atom. The molecule has 0 amide bonds. The van der Waals surface area contributed by atoms with Crippen molar-refractivity contribution in [3.8, 4) is 12.3 Å². The highest BCUT2D eigenvalue weighted by molar-refractivity contribution is 5.41. The van der Waals surface area contributed by atoms with Gasteiger partial charge in [0.05, 0.1) is 0 Å². The van der Waals surface area contributed by atoms with Gasteiger partial charge in [-0.2, -0.15) is 0 Å². The van der Waals surface area contributed by atoms with Gasteiger partial charge in [0.15, 0.2) is 5.65 Å². The zero-order chi connectivity index (χ0) is 9.80. The number of tetrazole rings is 1. The lowest BCUT2D eigenvalue weighted by Gasteiger charge is -2.01. The average Bonchev–Trinajstić information content (AvgIpc) is 2.65. The number of hydrogen-bond donors (Lipinski definition) is 1. The van der Waals surface area contributed by atoms with Gasteiger partial charge in [-0.05, 0) is 22.6 Å². The number of nitrogens with one attached hydrogen (secondary N) is 1. The van der Waals surface area contributed by atoms with Gasteiger partial charge in [-0.1, -0.05) is 0 Å². The van der Waals surface area contributed by atoms with Gasteiger partial charge >= 0.3 is 0 Å². The van der Waals surface area contributed by atoms with E-state index >= 15 is 0 Å². The number of rotatable bonds is 3. The van der Waals surface area contributed by atoms with Crippen LogP contribution in [0.15, 0.2) is 12.1 Å². The first-order chi connectivity index (χ1) is 6.90. The Labute approximate surface area is 80.3 Å². The molecule has 0 atom stereocenters. The van der Waals surface area contributed by atoms with E-state index in [1.165, 1.54) is 4.63 Å². The third-order valence-electron chi connectivity index (χ3n) is 1.64. The third kappa shape index (κ3) is 1.61. The topological polar surface area (TPSA) is 68.0 Å². The summed E-state index contributed by atoms with van der Waals surface area (Å²) in [6.07, 6.45) is 5.78. The minimum Gasteiger partial charge on any atom is -0.368 e. The smallest absolute Gasteiger partial charge is 0.200 e. The number of terminal acetylenes is 1.